The number of halogens is 1. The molecule has 3 aromatic carbocycles. The van der Waals surface area contributed by atoms with E-state index in [4.69, 9.17) is 17.3 Å². The van der Waals surface area contributed by atoms with Crippen molar-refractivity contribution in [3.8, 4) is 0 Å². The highest BCUT2D eigenvalue weighted by molar-refractivity contribution is 6.30. The average molecular weight is 438 g/mol. The zero-order valence-electron chi connectivity index (χ0n) is 17.2. The van der Waals surface area contributed by atoms with Gasteiger partial charge in [-0.3, -0.25) is 0 Å². The van der Waals surface area contributed by atoms with Gasteiger partial charge < -0.3 is 10.3 Å². The van der Waals surface area contributed by atoms with Crippen molar-refractivity contribution in [2.24, 2.45) is 15.9 Å². The molecule has 5 aromatic rings. The summed E-state index contributed by atoms with van der Waals surface area (Å²) in [5.74, 6) is 0.275. The van der Waals surface area contributed by atoms with Crippen molar-refractivity contribution in [2.45, 2.75) is 6.54 Å². The van der Waals surface area contributed by atoms with Crippen LogP contribution in [0.5, 0.6) is 0 Å². The zero-order valence-corrected chi connectivity index (χ0v) is 17.9. The maximum Gasteiger partial charge on any atom is 0.172 e. The summed E-state index contributed by atoms with van der Waals surface area (Å²) < 4.78 is 2.19. The van der Waals surface area contributed by atoms with E-state index in [0.717, 1.165) is 38.9 Å². The molecule has 2 aromatic heterocycles. The van der Waals surface area contributed by atoms with Crippen molar-refractivity contribution in [3.63, 3.8) is 0 Å². The second-order valence-electron chi connectivity index (χ2n) is 7.47. The molecule has 0 atom stereocenters. The van der Waals surface area contributed by atoms with Crippen molar-refractivity contribution in [2.75, 3.05) is 0 Å². The molecule has 0 unspecified atom stereocenters. The predicted molar refractivity (Wildman–Crippen MR) is 133 cm³/mol. The molecule has 0 saturated carbocycles. The van der Waals surface area contributed by atoms with Gasteiger partial charge in [-0.2, -0.15) is 5.10 Å². The summed E-state index contributed by atoms with van der Waals surface area (Å²) in [6, 6.07) is 27.8. The molecule has 0 aliphatic carbocycles. The van der Waals surface area contributed by atoms with Crippen molar-refractivity contribution >= 4 is 45.5 Å². The van der Waals surface area contributed by atoms with E-state index in [1.807, 2.05) is 72.8 Å². The lowest BCUT2D eigenvalue weighted by Crippen LogP contribution is -2.14. The average Bonchev–Trinajstić information content (AvgIpc) is 3.17. The van der Waals surface area contributed by atoms with Crippen LogP contribution in [0.4, 0.5) is 0 Å². The zero-order chi connectivity index (χ0) is 21.9. The fraction of sp³-hybridized carbons (Fsp3) is 0.0385. The highest BCUT2D eigenvalue weighted by Gasteiger charge is 2.07. The third kappa shape index (κ3) is 4.11. The molecule has 5 rings (SSSR count). The van der Waals surface area contributed by atoms with E-state index in [0.29, 0.717) is 5.69 Å². The fourth-order valence-corrected chi connectivity index (χ4v) is 3.83. The maximum atomic E-state index is 6.14. The smallest absolute Gasteiger partial charge is 0.172 e. The van der Waals surface area contributed by atoms with Gasteiger partial charge in [0.1, 0.15) is 5.69 Å². The standard InChI is InChI=1S/C26H20ClN5/c27-21-12-9-18(10-13-21)16-32-17-20(22-6-2-4-8-25(22)32)15-29-31-26(28)24-14-11-19-5-1-3-7-23(19)30-24/h1-15,17H,16H2,(H2,28,31)/b29-15-. The minimum Gasteiger partial charge on any atom is -0.380 e. The van der Waals surface area contributed by atoms with Gasteiger partial charge in [0.05, 0.1) is 11.7 Å². The minimum absolute atomic E-state index is 0.275. The molecule has 6 heteroatoms. The molecule has 0 aliphatic rings. The number of hydrogen-bond acceptors (Lipinski definition) is 3. The molecule has 0 bridgehead atoms. The Morgan fingerprint density at radius 3 is 2.59 bits per heavy atom. The molecule has 0 spiro atoms. The van der Waals surface area contributed by atoms with Gasteiger partial charge in [-0.05, 0) is 35.9 Å². The molecule has 2 heterocycles. The van der Waals surface area contributed by atoms with Crippen LogP contribution in [0.3, 0.4) is 0 Å². The minimum atomic E-state index is 0.275. The largest absolute Gasteiger partial charge is 0.380 e. The Bertz CT molecular complexity index is 1470. The number of nitrogens with zero attached hydrogens (tertiary/aromatic N) is 4. The summed E-state index contributed by atoms with van der Waals surface area (Å²) in [7, 11) is 0. The van der Waals surface area contributed by atoms with Gasteiger partial charge in [-0.15, -0.1) is 5.10 Å². The second kappa shape index (κ2) is 8.65. The lowest BCUT2D eigenvalue weighted by molar-refractivity contribution is 0.836. The summed E-state index contributed by atoms with van der Waals surface area (Å²) in [6.45, 7) is 0.734. The van der Waals surface area contributed by atoms with Crippen LogP contribution in [-0.2, 0) is 6.54 Å². The van der Waals surface area contributed by atoms with Gasteiger partial charge in [0.2, 0.25) is 0 Å². The van der Waals surface area contributed by atoms with E-state index < -0.39 is 0 Å². The van der Waals surface area contributed by atoms with Gasteiger partial charge >= 0.3 is 0 Å². The fourth-order valence-electron chi connectivity index (χ4n) is 3.71. The van der Waals surface area contributed by atoms with Crippen LogP contribution in [-0.4, -0.2) is 21.6 Å². The van der Waals surface area contributed by atoms with E-state index in [1.165, 1.54) is 5.56 Å². The number of para-hydroxylation sites is 2. The molecule has 2 N–H and O–H groups in total. The number of fused-ring (bicyclic) bond motifs is 2. The van der Waals surface area contributed by atoms with Crippen LogP contribution < -0.4 is 5.73 Å². The van der Waals surface area contributed by atoms with Gasteiger partial charge in [-0.25, -0.2) is 4.98 Å². The summed E-state index contributed by atoms with van der Waals surface area (Å²) in [5, 5.41) is 11.3. The molecule has 0 fully saturated rings. The van der Waals surface area contributed by atoms with Gasteiger partial charge in [-0.1, -0.05) is 66.2 Å². The van der Waals surface area contributed by atoms with Crippen LogP contribution in [0, 0.1) is 0 Å². The Morgan fingerprint density at radius 1 is 0.938 bits per heavy atom. The number of rotatable bonds is 5. The van der Waals surface area contributed by atoms with E-state index in [9.17, 15) is 0 Å². The first-order valence-corrected chi connectivity index (χ1v) is 10.6. The highest BCUT2D eigenvalue weighted by Crippen LogP contribution is 2.22. The number of aromatic nitrogens is 2. The molecule has 0 saturated heterocycles. The van der Waals surface area contributed by atoms with Crippen LogP contribution in [0.2, 0.25) is 5.02 Å². The van der Waals surface area contributed by atoms with Crippen molar-refractivity contribution < 1.29 is 0 Å². The summed E-state index contributed by atoms with van der Waals surface area (Å²) in [4.78, 5) is 4.56. The van der Waals surface area contributed by atoms with Gasteiger partial charge in [0.25, 0.3) is 0 Å². The third-order valence-corrected chi connectivity index (χ3v) is 5.56. The highest BCUT2D eigenvalue weighted by atomic mass is 35.5. The van der Waals surface area contributed by atoms with Crippen molar-refractivity contribution in [1.82, 2.24) is 9.55 Å². The number of pyridine rings is 1. The lowest BCUT2D eigenvalue weighted by atomic mass is 10.2. The Kier molecular flexibility index (Phi) is 5.40. The second-order valence-corrected chi connectivity index (χ2v) is 7.91. The Morgan fingerprint density at radius 2 is 1.72 bits per heavy atom. The number of hydrogen-bond donors (Lipinski definition) is 1. The van der Waals surface area contributed by atoms with Crippen molar-refractivity contribution in [3.05, 3.63) is 113 Å². The van der Waals surface area contributed by atoms with E-state index in [1.54, 1.807) is 6.21 Å². The first-order chi connectivity index (χ1) is 15.7. The van der Waals surface area contributed by atoms with Crippen LogP contribution in [0.25, 0.3) is 21.8 Å². The van der Waals surface area contributed by atoms with E-state index in [-0.39, 0.29) is 5.84 Å². The summed E-state index contributed by atoms with van der Waals surface area (Å²) in [5.41, 5.74) is 10.9. The van der Waals surface area contributed by atoms with Gasteiger partial charge in [0, 0.05) is 39.6 Å². The Hall–Kier alpha value is -3.96. The van der Waals surface area contributed by atoms with Crippen LogP contribution in [0.15, 0.2) is 101 Å². The Balaban J connectivity index is 1.43. The number of nitrogens with two attached hydrogens (primary N) is 1. The van der Waals surface area contributed by atoms with E-state index in [2.05, 4.69) is 38.1 Å². The lowest BCUT2D eigenvalue weighted by Gasteiger charge is -2.05. The predicted octanol–water partition coefficient (Wildman–Crippen LogP) is 5.63. The third-order valence-electron chi connectivity index (χ3n) is 5.31. The summed E-state index contributed by atoms with van der Waals surface area (Å²) >= 11 is 6.02. The van der Waals surface area contributed by atoms with Crippen LogP contribution in [0.1, 0.15) is 16.8 Å². The molecule has 0 aliphatic heterocycles. The maximum absolute atomic E-state index is 6.14. The van der Waals surface area contributed by atoms with Gasteiger partial charge in [0.15, 0.2) is 5.84 Å². The summed E-state index contributed by atoms with van der Waals surface area (Å²) in [6.07, 6.45) is 3.80. The topological polar surface area (TPSA) is 68.6 Å². The number of benzene rings is 3. The first kappa shape index (κ1) is 20.0. The molecular weight excluding hydrogens is 418 g/mol. The molecule has 32 heavy (non-hydrogen) atoms. The molecule has 156 valence electrons. The van der Waals surface area contributed by atoms with E-state index >= 15 is 0 Å². The first-order valence-electron chi connectivity index (χ1n) is 10.2. The molecule has 0 amide bonds. The monoisotopic (exact) mass is 437 g/mol. The van der Waals surface area contributed by atoms with Crippen molar-refractivity contribution in [1.29, 1.82) is 0 Å². The quantitative estimate of drug-likeness (QED) is 0.220. The molecule has 5 nitrogen and oxygen atoms in total. The normalized spacial score (nSPS) is 12.2. The molecular formula is C26H20ClN5. The number of amidine groups is 1. The molecule has 0 radical (unpaired) electrons. The SMILES string of the molecule is N/C(=N\N=C/c1cn(Cc2ccc(Cl)cc2)c2ccccc12)c1ccc2ccccc2n1. The Labute approximate surface area is 190 Å². The van der Waals surface area contributed by atoms with Crippen LogP contribution >= 0.6 is 11.6 Å².